The molecule has 0 fully saturated rings. The number of nitrogens with zero attached hydrogens (tertiary/aromatic N) is 3. The van der Waals surface area contributed by atoms with E-state index in [1.165, 1.54) is 5.56 Å². The van der Waals surface area contributed by atoms with Crippen molar-refractivity contribution in [2.75, 3.05) is 0 Å². The topological polar surface area (TPSA) is 52.5 Å². The van der Waals surface area contributed by atoms with Crippen molar-refractivity contribution in [1.82, 2.24) is 4.57 Å². The normalized spacial score (nSPS) is 9.91. The van der Waals surface area contributed by atoms with Gasteiger partial charge in [-0.1, -0.05) is 48.5 Å². The fourth-order valence-electron chi connectivity index (χ4n) is 2.55. The monoisotopic (exact) mass is 283 g/mol. The zero-order chi connectivity index (χ0) is 15.4. The van der Waals surface area contributed by atoms with Gasteiger partial charge in [-0.15, -0.1) is 0 Å². The molecule has 0 aliphatic rings. The Balaban J connectivity index is 2.11. The van der Waals surface area contributed by atoms with Crippen LogP contribution in [0.15, 0.2) is 66.4 Å². The lowest BCUT2D eigenvalue weighted by atomic mass is 10.1. The van der Waals surface area contributed by atoms with Crippen LogP contribution in [-0.4, -0.2) is 4.57 Å². The van der Waals surface area contributed by atoms with Gasteiger partial charge in [0.05, 0.1) is 0 Å². The summed E-state index contributed by atoms with van der Waals surface area (Å²) in [6.07, 6.45) is 3.64. The second-order valence-corrected chi connectivity index (χ2v) is 5.00. The van der Waals surface area contributed by atoms with E-state index in [1.54, 1.807) is 6.08 Å². The highest BCUT2D eigenvalue weighted by atomic mass is 15.0. The van der Waals surface area contributed by atoms with Gasteiger partial charge < -0.3 is 4.57 Å². The van der Waals surface area contributed by atoms with Gasteiger partial charge in [0.2, 0.25) is 0 Å². The fourth-order valence-corrected chi connectivity index (χ4v) is 2.55. The number of benzene rings is 2. The van der Waals surface area contributed by atoms with Gasteiger partial charge in [0.1, 0.15) is 17.7 Å². The van der Waals surface area contributed by atoms with E-state index in [0.29, 0.717) is 0 Å². The summed E-state index contributed by atoms with van der Waals surface area (Å²) in [6.45, 7) is 0.754. The number of allylic oxidation sites excluding steroid dienone is 1. The molecule has 0 bridgehead atoms. The van der Waals surface area contributed by atoms with Crippen LogP contribution < -0.4 is 0 Å². The number of nitriles is 2. The van der Waals surface area contributed by atoms with Crippen molar-refractivity contribution in [3.05, 3.63) is 77.5 Å². The summed E-state index contributed by atoms with van der Waals surface area (Å²) in [7, 11) is 0. The van der Waals surface area contributed by atoms with Gasteiger partial charge in [-0.2, -0.15) is 10.5 Å². The first-order valence-corrected chi connectivity index (χ1v) is 6.95. The van der Waals surface area contributed by atoms with Crippen LogP contribution in [0.1, 0.15) is 11.1 Å². The van der Waals surface area contributed by atoms with Gasteiger partial charge in [-0.05, 0) is 17.7 Å². The molecule has 0 atom stereocenters. The zero-order valence-corrected chi connectivity index (χ0v) is 11.9. The van der Waals surface area contributed by atoms with E-state index in [2.05, 4.69) is 16.7 Å². The Morgan fingerprint density at radius 1 is 0.955 bits per heavy atom. The highest BCUT2D eigenvalue weighted by molar-refractivity contribution is 5.90. The number of hydrogen-bond acceptors (Lipinski definition) is 2. The number of aromatic nitrogens is 1. The molecule has 2 aromatic carbocycles. The summed E-state index contributed by atoms with van der Waals surface area (Å²) in [5.74, 6) is 0. The van der Waals surface area contributed by atoms with E-state index >= 15 is 0 Å². The van der Waals surface area contributed by atoms with Crippen LogP contribution in [0, 0.1) is 22.7 Å². The first-order valence-electron chi connectivity index (χ1n) is 6.95. The first kappa shape index (κ1) is 13.7. The van der Waals surface area contributed by atoms with Crippen molar-refractivity contribution >= 4 is 17.0 Å². The summed E-state index contributed by atoms with van der Waals surface area (Å²) in [5.41, 5.74) is 3.31. The van der Waals surface area contributed by atoms with E-state index < -0.39 is 0 Å². The third-order valence-electron chi connectivity index (χ3n) is 3.56. The van der Waals surface area contributed by atoms with E-state index in [1.807, 2.05) is 60.8 Å². The van der Waals surface area contributed by atoms with Crippen molar-refractivity contribution in [3.63, 3.8) is 0 Å². The molecule has 1 aromatic heterocycles. The Hall–Kier alpha value is -3.30. The Morgan fingerprint density at radius 2 is 1.64 bits per heavy atom. The summed E-state index contributed by atoms with van der Waals surface area (Å²) >= 11 is 0. The van der Waals surface area contributed by atoms with E-state index in [9.17, 15) is 0 Å². The average Bonchev–Trinajstić information content (AvgIpc) is 2.91. The third kappa shape index (κ3) is 2.61. The first-order chi connectivity index (χ1) is 10.8. The van der Waals surface area contributed by atoms with Crippen molar-refractivity contribution in [2.45, 2.75) is 6.54 Å². The molecule has 0 N–H and O–H groups in total. The molecule has 0 unspecified atom stereocenters. The quantitative estimate of drug-likeness (QED) is 0.679. The molecule has 3 rings (SSSR count). The van der Waals surface area contributed by atoms with Crippen LogP contribution in [0.5, 0.6) is 0 Å². The summed E-state index contributed by atoms with van der Waals surface area (Å²) in [4.78, 5) is 0. The summed E-state index contributed by atoms with van der Waals surface area (Å²) in [5, 5.41) is 19.0. The molecule has 0 saturated carbocycles. The SMILES string of the molecule is N#CC(C#N)=Cc1cn(Cc2ccccc2)c2ccccc12. The van der Waals surface area contributed by atoms with Gasteiger partial charge in [0, 0.05) is 29.2 Å². The molecule has 0 aliphatic carbocycles. The summed E-state index contributed by atoms with van der Waals surface area (Å²) in [6, 6.07) is 22.0. The average molecular weight is 283 g/mol. The molecular weight excluding hydrogens is 270 g/mol. The lowest BCUT2D eigenvalue weighted by molar-refractivity contribution is 0.836. The molecular formula is C19H13N3. The van der Waals surface area contributed by atoms with Gasteiger partial charge in [-0.3, -0.25) is 0 Å². The summed E-state index contributed by atoms with van der Waals surface area (Å²) < 4.78 is 2.14. The highest BCUT2D eigenvalue weighted by Gasteiger charge is 2.07. The minimum Gasteiger partial charge on any atom is -0.342 e. The molecule has 0 spiro atoms. The maximum Gasteiger partial charge on any atom is 0.130 e. The minimum atomic E-state index is 0.114. The predicted octanol–water partition coefficient (Wildman–Crippen LogP) is 4.12. The minimum absolute atomic E-state index is 0.114. The van der Waals surface area contributed by atoms with E-state index in [0.717, 1.165) is 23.0 Å². The second kappa shape index (κ2) is 5.99. The molecule has 0 amide bonds. The van der Waals surface area contributed by atoms with E-state index in [-0.39, 0.29) is 5.57 Å². The van der Waals surface area contributed by atoms with Gasteiger partial charge in [0.25, 0.3) is 0 Å². The van der Waals surface area contributed by atoms with Gasteiger partial charge >= 0.3 is 0 Å². The zero-order valence-electron chi connectivity index (χ0n) is 11.9. The Labute approximate surface area is 129 Å². The van der Waals surface area contributed by atoms with Crippen LogP contribution in [0.4, 0.5) is 0 Å². The number of hydrogen-bond donors (Lipinski definition) is 0. The number of rotatable bonds is 3. The molecule has 0 aliphatic heterocycles. The van der Waals surface area contributed by atoms with Gasteiger partial charge in [0.15, 0.2) is 0 Å². The molecule has 22 heavy (non-hydrogen) atoms. The van der Waals surface area contributed by atoms with Crippen LogP contribution in [-0.2, 0) is 6.54 Å². The van der Waals surface area contributed by atoms with Gasteiger partial charge in [-0.25, -0.2) is 0 Å². The maximum atomic E-state index is 8.95. The van der Waals surface area contributed by atoms with Crippen molar-refractivity contribution < 1.29 is 0 Å². The molecule has 0 saturated heterocycles. The standard InChI is InChI=1S/C19H13N3/c20-11-16(12-21)10-17-14-22(13-15-6-2-1-3-7-15)19-9-5-4-8-18(17)19/h1-10,14H,13H2. The Bertz CT molecular complexity index is 903. The molecule has 3 aromatic rings. The second-order valence-electron chi connectivity index (χ2n) is 5.00. The number of para-hydroxylation sites is 1. The van der Waals surface area contributed by atoms with E-state index in [4.69, 9.17) is 10.5 Å². The highest BCUT2D eigenvalue weighted by Crippen LogP contribution is 2.24. The maximum absolute atomic E-state index is 8.95. The smallest absolute Gasteiger partial charge is 0.130 e. The van der Waals surface area contributed by atoms with Crippen LogP contribution in [0.2, 0.25) is 0 Å². The molecule has 104 valence electrons. The Kier molecular flexibility index (Phi) is 3.72. The van der Waals surface area contributed by atoms with Crippen molar-refractivity contribution in [1.29, 1.82) is 10.5 Å². The molecule has 1 heterocycles. The number of fused-ring (bicyclic) bond motifs is 1. The molecule has 3 nitrogen and oxygen atoms in total. The van der Waals surface area contributed by atoms with Crippen molar-refractivity contribution in [3.8, 4) is 12.1 Å². The third-order valence-corrected chi connectivity index (χ3v) is 3.56. The van der Waals surface area contributed by atoms with Crippen LogP contribution >= 0.6 is 0 Å². The van der Waals surface area contributed by atoms with Crippen LogP contribution in [0.3, 0.4) is 0 Å². The van der Waals surface area contributed by atoms with Crippen LogP contribution in [0.25, 0.3) is 17.0 Å². The fraction of sp³-hybridized carbons (Fsp3) is 0.0526. The van der Waals surface area contributed by atoms with Crippen molar-refractivity contribution in [2.24, 2.45) is 0 Å². The molecule has 0 radical (unpaired) electrons. The largest absolute Gasteiger partial charge is 0.342 e. The lowest BCUT2D eigenvalue weighted by Gasteiger charge is -2.05. The predicted molar refractivity (Wildman–Crippen MR) is 86.7 cm³/mol. The molecule has 3 heteroatoms. The Morgan fingerprint density at radius 3 is 2.36 bits per heavy atom. The lowest BCUT2D eigenvalue weighted by Crippen LogP contribution is -1.97.